The number of nitrogens with zero attached hydrogens (tertiary/aromatic N) is 1. The Morgan fingerprint density at radius 1 is 1.04 bits per heavy atom. The van der Waals surface area contributed by atoms with Crippen molar-refractivity contribution in [1.82, 2.24) is 0 Å². The Kier molecular flexibility index (Phi) is 8.50. The van der Waals surface area contributed by atoms with Crippen molar-refractivity contribution in [2.75, 3.05) is 40.4 Å². The van der Waals surface area contributed by atoms with E-state index in [4.69, 9.17) is 9.47 Å². The van der Waals surface area contributed by atoms with Gasteiger partial charge in [0.05, 0.1) is 40.0 Å². The summed E-state index contributed by atoms with van der Waals surface area (Å²) in [4.78, 5) is 0. The molecule has 1 unspecified atom stereocenters. The summed E-state index contributed by atoms with van der Waals surface area (Å²) in [6, 6.07) is 8.31. The van der Waals surface area contributed by atoms with Gasteiger partial charge in [0, 0.05) is 0 Å². The molecule has 1 aromatic rings. The number of piperidine rings is 1. The third-order valence-electron chi connectivity index (χ3n) is 5.02. The number of benzene rings is 1. The molecule has 0 saturated carbocycles. The molecule has 0 bridgehead atoms. The maximum atomic E-state index is 6.38. The normalized spacial score (nSPS) is 18.5. The molecule has 2 rings (SSSR count). The zero-order chi connectivity index (χ0) is 16.9. The van der Waals surface area contributed by atoms with Gasteiger partial charge in [-0.2, -0.15) is 0 Å². The maximum absolute atomic E-state index is 6.38. The predicted octanol–water partition coefficient (Wildman–Crippen LogP) is 1.43. The standard InChI is InChI=1S/C20H34NO2.HI/c1-20(2,3)19(17-9-11-18(22-5)12-10-17)23-16-15-21(4)13-7-6-8-14-21;/h9-12,19H,6-8,13-16H2,1-5H3;1H/q+1;/p-1. The molecule has 1 aromatic carbocycles. The van der Waals surface area contributed by atoms with E-state index in [0.717, 1.165) is 18.9 Å². The molecule has 0 aliphatic carbocycles. The van der Waals surface area contributed by atoms with Crippen molar-refractivity contribution in [2.45, 2.75) is 46.1 Å². The summed E-state index contributed by atoms with van der Waals surface area (Å²) in [6.07, 6.45) is 4.23. The van der Waals surface area contributed by atoms with Crippen molar-refractivity contribution in [3.8, 4) is 5.75 Å². The first-order valence-corrected chi connectivity index (χ1v) is 8.93. The zero-order valence-electron chi connectivity index (χ0n) is 16.0. The SMILES string of the molecule is COc1ccc(C(OCC[N+]2(C)CCCCC2)C(C)(C)C)cc1.[I-]. The molecule has 138 valence electrons. The quantitative estimate of drug-likeness (QED) is 0.486. The highest BCUT2D eigenvalue weighted by Gasteiger charge is 2.29. The average molecular weight is 447 g/mol. The maximum Gasteiger partial charge on any atom is 0.118 e. The number of likely N-dealkylation sites (N-methyl/N-ethyl adjacent to an activating group) is 1. The van der Waals surface area contributed by atoms with E-state index in [9.17, 15) is 0 Å². The number of hydrogen-bond donors (Lipinski definition) is 0. The molecule has 0 N–H and O–H groups in total. The summed E-state index contributed by atoms with van der Waals surface area (Å²) in [5.74, 6) is 0.896. The van der Waals surface area contributed by atoms with Crippen LogP contribution in [0.25, 0.3) is 0 Å². The second kappa shape index (κ2) is 9.39. The van der Waals surface area contributed by atoms with E-state index in [1.807, 2.05) is 12.1 Å². The average Bonchev–Trinajstić information content (AvgIpc) is 2.51. The van der Waals surface area contributed by atoms with Gasteiger partial charge in [0.15, 0.2) is 0 Å². The monoisotopic (exact) mass is 447 g/mol. The fourth-order valence-electron chi connectivity index (χ4n) is 3.52. The van der Waals surface area contributed by atoms with Crippen LogP contribution >= 0.6 is 0 Å². The molecule has 3 nitrogen and oxygen atoms in total. The Morgan fingerprint density at radius 3 is 2.12 bits per heavy atom. The first-order chi connectivity index (χ1) is 10.8. The van der Waals surface area contributed by atoms with E-state index < -0.39 is 0 Å². The molecule has 1 aliphatic rings. The van der Waals surface area contributed by atoms with Crippen LogP contribution in [0.4, 0.5) is 0 Å². The van der Waals surface area contributed by atoms with E-state index in [1.54, 1.807) is 7.11 Å². The van der Waals surface area contributed by atoms with Gasteiger partial charge in [0.1, 0.15) is 12.3 Å². The van der Waals surface area contributed by atoms with E-state index in [-0.39, 0.29) is 35.5 Å². The van der Waals surface area contributed by atoms with Gasteiger partial charge < -0.3 is 37.9 Å². The lowest BCUT2D eigenvalue weighted by atomic mass is 9.84. The summed E-state index contributed by atoms with van der Waals surface area (Å²) in [7, 11) is 4.08. The molecule has 0 spiro atoms. The molecule has 1 heterocycles. The van der Waals surface area contributed by atoms with Crippen molar-refractivity contribution in [3.63, 3.8) is 0 Å². The highest BCUT2D eigenvalue weighted by molar-refractivity contribution is 5.29. The first kappa shape index (κ1) is 21.7. The van der Waals surface area contributed by atoms with E-state index in [1.165, 1.54) is 42.4 Å². The first-order valence-electron chi connectivity index (χ1n) is 8.93. The van der Waals surface area contributed by atoms with Gasteiger partial charge >= 0.3 is 0 Å². The minimum atomic E-state index is 0. The number of ether oxygens (including phenoxy) is 2. The number of likely N-dealkylation sites (tertiary alicyclic amines) is 1. The predicted molar refractivity (Wildman–Crippen MR) is 95.8 cm³/mol. The summed E-state index contributed by atoms with van der Waals surface area (Å²) in [5, 5.41) is 0. The van der Waals surface area contributed by atoms with Crippen LogP contribution in [0.3, 0.4) is 0 Å². The Balaban J connectivity index is 0.00000288. The molecule has 0 radical (unpaired) electrons. The van der Waals surface area contributed by atoms with Crippen LogP contribution in [0.15, 0.2) is 24.3 Å². The third-order valence-corrected chi connectivity index (χ3v) is 5.02. The number of hydrogen-bond acceptors (Lipinski definition) is 2. The van der Waals surface area contributed by atoms with Crippen LogP contribution in [0.5, 0.6) is 5.75 Å². The van der Waals surface area contributed by atoms with Gasteiger partial charge in [-0.15, -0.1) is 0 Å². The van der Waals surface area contributed by atoms with Gasteiger partial charge in [-0.05, 0) is 42.4 Å². The summed E-state index contributed by atoms with van der Waals surface area (Å²) < 4.78 is 12.8. The molecular weight excluding hydrogens is 413 g/mol. The van der Waals surface area contributed by atoms with E-state index in [2.05, 4.69) is 40.0 Å². The molecule has 1 fully saturated rings. The highest BCUT2D eigenvalue weighted by Crippen LogP contribution is 2.36. The minimum Gasteiger partial charge on any atom is -1.00 e. The van der Waals surface area contributed by atoms with Crippen LogP contribution in [0, 0.1) is 5.41 Å². The van der Waals surface area contributed by atoms with Crippen LogP contribution in [-0.4, -0.2) is 44.9 Å². The zero-order valence-corrected chi connectivity index (χ0v) is 18.1. The van der Waals surface area contributed by atoms with Gasteiger partial charge in [0.25, 0.3) is 0 Å². The van der Waals surface area contributed by atoms with Crippen LogP contribution in [0.2, 0.25) is 0 Å². The molecule has 0 aromatic heterocycles. The van der Waals surface area contributed by atoms with Crippen molar-refractivity contribution in [2.24, 2.45) is 5.41 Å². The Morgan fingerprint density at radius 2 is 1.62 bits per heavy atom. The summed E-state index contributed by atoms with van der Waals surface area (Å²) in [5.41, 5.74) is 1.31. The fraction of sp³-hybridized carbons (Fsp3) is 0.700. The van der Waals surface area contributed by atoms with Crippen LogP contribution in [0.1, 0.15) is 51.7 Å². The second-order valence-corrected chi connectivity index (χ2v) is 8.24. The molecule has 4 heteroatoms. The topological polar surface area (TPSA) is 18.5 Å². The molecule has 0 amide bonds. The van der Waals surface area contributed by atoms with Crippen LogP contribution in [-0.2, 0) is 4.74 Å². The van der Waals surface area contributed by atoms with Gasteiger partial charge in [0.2, 0.25) is 0 Å². The Bertz CT molecular complexity index is 475. The van der Waals surface area contributed by atoms with Gasteiger partial charge in [-0.25, -0.2) is 0 Å². The van der Waals surface area contributed by atoms with Crippen molar-refractivity contribution >= 4 is 0 Å². The lowest BCUT2D eigenvalue weighted by Gasteiger charge is -2.39. The Labute approximate surface area is 165 Å². The van der Waals surface area contributed by atoms with Crippen molar-refractivity contribution in [3.05, 3.63) is 29.8 Å². The summed E-state index contributed by atoms with van der Waals surface area (Å²) in [6.45, 7) is 11.3. The number of quaternary nitrogens is 1. The summed E-state index contributed by atoms with van der Waals surface area (Å²) >= 11 is 0. The Hall–Kier alpha value is -0.330. The fourth-order valence-corrected chi connectivity index (χ4v) is 3.52. The lowest BCUT2D eigenvalue weighted by Crippen LogP contribution is -3.00. The largest absolute Gasteiger partial charge is 1.00 e. The molecule has 24 heavy (non-hydrogen) atoms. The van der Waals surface area contributed by atoms with Gasteiger partial charge in [-0.3, -0.25) is 0 Å². The molecule has 1 saturated heterocycles. The second-order valence-electron chi connectivity index (χ2n) is 8.24. The number of methoxy groups -OCH3 is 1. The minimum absolute atomic E-state index is 0. The van der Waals surface area contributed by atoms with Crippen LogP contribution < -0.4 is 28.7 Å². The van der Waals surface area contributed by atoms with Crippen molar-refractivity contribution in [1.29, 1.82) is 0 Å². The number of halogens is 1. The van der Waals surface area contributed by atoms with Gasteiger partial charge in [-0.1, -0.05) is 32.9 Å². The molecular formula is C20H34INO2. The number of rotatable bonds is 6. The van der Waals surface area contributed by atoms with Crippen molar-refractivity contribution < 1.29 is 37.9 Å². The van der Waals surface area contributed by atoms with E-state index in [0.29, 0.717) is 0 Å². The lowest BCUT2D eigenvalue weighted by molar-refractivity contribution is -0.914. The molecule has 1 aliphatic heterocycles. The molecule has 1 atom stereocenters. The smallest absolute Gasteiger partial charge is 0.118 e. The highest BCUT2D eigenvalue weighted by atomic mass is 127. The van der Waals surface area contributed by atoms with E-state index >= 15 is 0 Å². The third kappa shape index (κ3) is 6.19.